The second kappa shape index (κ2) is 3.98. The van der Waals surface area contributed by atoms with Crippen LogP contribution in [0.4, 0.5) is 0 Å². The molecular weight excluding hydrogens is 198 g/mol. The molecule has 1 fully saturated rings. The normalized spacial score (nSPS) is 17.1. The Morgan fingerprint density at radius 1 is 1.40 bits per heavy atom. The van der Waals surface area contributed by atoms with Crippen LogP contribution in [0.1, 0.15) is 26.7 Å². The molecule has 0 saturated carbocycles. The first-order valence-corrected chi connectivity index (χ1v) is 4.73. The van der Waals surface area contributed by atoms with Crippen molar-refractivity contribution in [1.82, 2.24) is 10.3 Å². The minimum Gasteiger partial charge on any atom is -0.294 e. The van der Waals surface area contributed by atoms with E-state index in [4.69, 9.17) is 5.84 Å². The molecule has 84 valence electrons. The van der Waals surface area contributed by atoms with Gasteiger partial charge in [-0.15, -0.1) is 0 Å². The summed E-state index contributed by atoms with van der Waals surface area (Å²) >= 11 is 0. The van der Waals surface area contributed by atoms with E-state index in [9.17, 15) is 14.4 Å². The third-order valence-corrected chi connectivity index (χ3v) is 2.45. The maximum atomic E-state index is 11.3. The van der Waals surface area contributed by atoms with E-state index in [2.05, 4.69) is 0 Å². The Bertz CT molecular complexity index is 296. The summed E-state index contributed by atoms with van der Waals surface area (Å²) in [5.74, 6) is 4.17. The summed E-state index contributed by atoms with van der Waals surface area (Å²) < 4.78 is 0. The zero-order chi connectivity index (χ0) is 11.6. The van der Waals surface area contributed by atoms with Crippen molar-refractivity contribution in [3.8, 4) is 0 Å². The molecule has 0 radical (unpaired) electrons. The first-order valence-electron chi connectivity index (χ1n) is 4.73. The van der Waals surface area contributed by atoms with E-state index in [0.29, 0.717) is 0 Å². The second-order valence-electron chi connectivity index (χ2n) is 4.23. The molecule has 0 spiro atoms. The van der Waals surface area contributed by atoms with Crippen LogP contribution in [0.2, 0.25) is 0 Å². The van der Waals surface area contributed by atoms with Crippen molar-refractivity contribution in [3.05, 3.63) is 0 Å². The van der Waals surface area contributed by atoms with Gasteiger partial charge in [0.2, 0.25) is 17.7 Å². The summed E-state index contributed by atoms with van der Waals surface area (Å²) in [7, 11) is 0. The van der Waals surface area contributed by atoms with Crippen LogP contribution >= 0.6 is 0 Å². The number of nitrogens with zero attached hydrogens (tertiary/aromatic N) is 1. The number of nitrogens with one attached hydrogen (secondary N) is 1. The number of hydrazine groups is 1. The van der Waals surface area contributed by atoms with Gasteiger partial charge in [-0.2, -0.15) is 0 Å². The molecule has 1 aliphatic rings. The number of hydrogen-bond donors (Lipinski definition) is 2. The highest BCUT2D eigenvalue weighted by Gasteiger charge is 2.37. The molecule has 15 heavy (non-hydrogen) atoms. The molecule has 1 aliphatic heterocycles. The van der Waals surface area contributed by atoms with Crippen LogP contribution in [0.15, 0.2) is 0 Å². The smallest absolute Gasteiger partial charge is 0.241 e. The number of imide groups is 1. The summed E-state index contributed by atoms with van der Waals surface area (Å²) in [5.41, 5.74) is 1.16. The molecule has 3 amide bonds. The molecule has 6 heteroatoms. The Morgan fingerprint density at radius 3 is 2.27 bits per heavy atom. The average Bonchev–Trinajstić information content (AvgIpc) is 2.47. The van der Waals surface area contributed by atoms with Crippen LogP contribution in [-0.4, -0.2) is 29.2 Å². The SMILES string of the molecule is CC(C)(CN1C(=O)CCC1=O)C(=O)NN. The van der Waals surface area contributed by atoms with Crippen LogP contribution < -0.4 is 11.3 Å². The predicted molar refractivity (Wildman–Crippen MR) is 52.1 cm³/mol. The molecule has 3 N–H and O–H groups in total. The van der Waals surface area contributed by atoms with Crippen LogP contribution in [0.3, 0.4) is 0 Å². The van der Waals surface area contributed by atoms with Gasteiger partial charge < -0.3 is 0 Å². The van der Waals surface area contributed by atoms with Crippen molar-refractivity contribution in [2.75, 3.05) is 6.54 Å². The lowest BCUT2D eigenvalue weighted by Crippen LogP contribution is -2.48. The molecular formula is C9H15N3O3. The Balaban J connectivity index is 2.72. The summed E-state index contributed by atoms with van der Waals surface area (Å²) in [6, 6.07) is 0. The molecule has 0 aliphatic carbocycles. The van der Waals surface area contributed by atoms with Crippen molar-refractivity contribution in [2.24, 2.45) is 11.3 Å². The molecule has 6 nitrogen and oxygen atoms in total. The van der Waals surface area contributed by atoms with Crippen LogP contribution in [0.5, 0.6) is 0 Å². The molecule has 0 aromatic rings. The van der Waals surface area contributed by atoms with Gasteiger partial charge >= 0.3 is 0 Å². The lowest BCUT2D eigenvalue weighted by atomic mass is 9.92. The number of carbonyl (C=O) groups is 3. The zero-order valence-corrected chi connectivity index (χ0v) is 8.87. The van der Waals surface area contributed by atoms with Gasteiger partial charge in [0.05, 0.1) is 5.41 Å². The molecule has 0 bridgehead atoms. The Kier molecular flexibility index (Phi) is 3.09. The van der Waals surface area contributed by atoms with E-state index in [-0.39, 0.29) is 31.2 Å². The number of hydrogen-bond acceptors (Lipinski definition) is 4. The lowest BCUT2D eigenvalue weighted by molar-refractivity contribution is -0.142. The van der Waals surface area contributed by atoms with Gasteiger partial charge in [-0.1, -0.05) is 0 Å². The van der Waals surface area contributed by atoms with Crippen LogP contribution in [0, 0.1) is 5.41 Å². The number of rotatable bonds is 3. The topological polar surface area (TPSA) is 92.5 Å². The van der Waals surface area contributed by atoms with Gasteiger partial charge in [0, 0.05) is 19.4 Å². The van der Waals surface area contributed by atoms with Gasteiger partial charge in [-0.25, -0.2) is 5.84 Å². The number of amides is 3. The van der Waals surface area contributed by atoms with Crippen molar-refractivity contribution in [1.29, 1.82) is 0 Å². The average molecular weight is 213 g/mol. The van der Waals surface area contributed by atoms with Gasteiger partial charge in [-0.05, 0) is 13.8 Å². The van der Waals surface area contributed by atoms with Gasteiger partial charge in [0.25, 0.3) is 0 Å². The van der Waals surface area contributed by atoms with Gasteiger partial charge in [0.15, 0.2) is 0 Å². The van der Waals surface area contributed by atoms with E-state index in [1.54, 1.807) is 13.8 Å². The van der Waals surface area contributed by atoms with Crippen molar-refractivity contribution < 1.29 is 14.4 Å². The fourth-order valence-electron chi connectivity index (χ4n) is 1.46. The molecule has 1 heterocycles. The standard InChI is InChI=1S/C9H15N3O3/c1-9(2,8(15)11-10)5-12-6(13)3-4-7(12)14/h3-5,10H2,1-2H3,(H,11,15). The zero-order valence-electron chi connectivity index (χ0n) is 8.87. The maximum absolute atomic E-state index is 11.3. The first-order chi connectivity index (χ1) is 6.88. The van der Waals surface area contributed by atoms with Crippen molar-refractivity contribution in [2.45, 2.75) is 26.7 Å². The minimum absolute atomic E-state index is 0.0771. The highest BCUT2D eigenvalue weighted by atomic mass is 16.2. The van der Waals surface area contributed by atoms with E-state index in [1.165, 1.54) is 0 Å². The molecule has 0 unspecified atom stereocenters. The number of nitrogens with two attached hydrogens (primary N) is 1. The monoisotopic (exact) mass is 213 g/mol. The van der Waals surface area contributed by atoms with Gasteiger partial charge in [0.1, 0.15) is 0 Å². The minimum atomic E-state index is -0.857. The number of carbonyl (C=O) groups excluding carboxylic acids is 3. The summed E-state index contributed by atoms with van der Waals surface area (Å²) in [4.78, 5) is 35.1. The van der Waals surface area contributed by atoms with Gasteiger partial charge in [-0.3, -0.25) is 24.7 Å². The molecule has 1 saturated heterocycles. The maximum Gasteiger partial charge on any atom is 0.241 e. The van der Waals surface area contributed by atoms with E-state index >= 15 is 0 Å². The summed E-state index contributed by atoms with van der Waals surface area (Å²) in [5, 5.41) is 0. The molecule has 0 aromatic carbocycles. The van der Waals surface area contributed by atoms with E-state index in [1.807, 2.05) is 5.43 Å². The van der Waals surface area contributed by atoms with Crippen molar-refractivity contribution >= 4 is 17.7 Å². The van der Waals surface area contributed by atoms with E-state index in [0.717, 1.165) is 4.90 Å². The van der Waals surface area contributed by atoms with Crippen LogP contribution in [0.25, 0.3) is 0 Å². The largest absolute Gasteiger partial charge is 0.294 e. The Morgan fingerprint density at radius 2 is 1.87 bits per heavy atom. The second-order valence-corrected chi connectivity index (χ2v) is 4.23. The third-order valence-electron chi connectivity index (χ3n) is 2.45. The van der Waals surface area contributed by atoms with Crippen LogP contribution in [-0.2, 0) is 14.4 Å². The third kappa shape index (κ3) is 2.33. The summed E-state index contributed by atoms with van der Waals surface area (Å²) in [6.45, 7) is 3.34. The Hall–Kier alpha value is -1.43. The van der Waals surface area contributed by atoms with E-state index < -0.39 is 11.3 Å². The lowest BCUT2D eigenvalue weighted by Gasteiger charge is -2.26. The first kappa shape index (κ1) is 11.6. The predicted octanol–water partition coefficient (Wildman–Crippen LogP) is -0.848. The highest BCUT2D eigenvalue weighted by Crippen LogP contribution is 2.21. The molecule has 1 rings (SSSR count). The molecule has 0 atom stereocenters. The fraction of sp³-hybridized carbons (Fsp3) is 0.667. The molecule has 0 aromatic heterocycles. The van der Waals surface area contributed by atoms with Crippen molar-refractivity contribution in [3.63, 3.8) is 0 Å². The quantitative estimate of drug-likeness (QED) is 0.276. The fourth-order valence-corrected chi connectivity index (χ4v) is 1.46. The summed E-state index contributed by atoms with van der Waals surface area (Å²) in [6.07, 6.45) is 0.471. The Labute approximate surface area is 87.8 Å². The highest BCUT2D eigenvalue weighted by molar-refractivity contribution is 6.02. The number of likely N-dealkylation sites (tertiary alicyclic amines) is 1.